The van der Waals surface area contributed by atoms with Gasteiger partial charge in [-0.2, -0.15) is 5.10 Å². The van der Waals surface area contributed by atoms with Crippen molar-refractivity contribution in [3.8, 4) is 11.3 Å². The van der Waals surface area contributed by atoms with E-state index in [9.17, 15) is 13.2 Å². The van der Waals surface area contributed by atoms with Crippen LogP contribution in [0.4, 0.5) is 0 Å². The summed E-state index contributed by atoms with van der Waals surface area (Å²) in [5.74, 6) is -0.778. The number of rotatable bonds is 9. The summed E-state index contributed by atoms with van der Waals surface area (Å²) >= 11 is 3.45. The molecule has 0 saturated carbocycles. The lowest BCUT2D eigenvalue weighted by Crippen LogP contribution is -2.22. The molecule has 0 aliphatic heterocycles. The van der Waals surface area contributed by atoms with Gasteiger partial charge in [0.25, 0.3) is 10.0 Å². The van der Waals surface area contributed by atoms with Crippen molar-refractivity contribution in [1.29, 1.82) is 0 Å². The van der Waals surface area contributed by atoms with Gasteiger partial charge in [0, 0.05) is 42.5 Å². The molecule has 0 aliphatic rings. The fraction of sp³-hybridized carbons (Fsp3) is 0.320. The summed E-state index contributed by atoms with van der Waals surface area (Å²) < 4.78 is 41.1. The second kappa shape index (κ2) is 10.5. The van der Waals surface area contributed by atoms with Crippen LogP contribution in [0.1, 0.15) is 16.1 Å². The van der Waals surface area contributed by atoms with E-state index in [2.05, 4.69) is 40.6 Å². The van der Waals surface area contributed by atoms with Gasteiger partial charge in [0.05, 0.1) is 12.0 Å². The van der Waals surface area contributed by atoms with Gasteiger partial charge in [-0.25, -0.2) is 26.9 Å². The average molecular weight is 606 g/mol. The van der Waals surface area contributed by atoms with Crippen LogP contribution in [-0.4, -0.2) is 54.9 Å². The second-order valence-electron chi connectivity index (χ2n) is 9.94. The van der Waals surface area contributed by atoms with Gasteiger partial charge in [-0.3, -0.25) is 0 Å². The first-order valence-electron chi connectivity index (χ1n) is 11.6. The third-order valence-electron chi connectivity index (χ3n) is 5.80. The van der Waals surface area contributed by atoms with Crippen molar-refractivity contribution >= 4 is 51.0 Å². The molecule has 37 heavy (non-hydrogen) atoms. The highest BCUT2D eigenvalue weighted by atomic mass is 79.9. The number of benzene rings is 1. The van der Waals surface area contributed by atoms with E-state index in [1.807, 2.05) is 13.0 Å². The van der Waals surface area contributed by atoms with Crippen LogP contribution in [0.5, 0.6) is 0 Å². The summed E-state index contributed by atoms with van der Waals surface area (Å²) in [6.45, 7) is 9.52. The molecular weight excluding hydrogens is 576 g/mol. The predicted octanol–water partition coefficient (Wildman–Crippen LogP) is 5.31. The largest absolute Gasteiger partial charge is 0.464 e. The molecule has 0 radical (unpaired) electrons. The van der Waals surface area contributed by atoms with Crippen LogP contribution in [0.3, 0.4) is 0 Å². The smallest absolute Gasteiger partial charge is 0.355 e. The molecule has 0 bridgehead atoms. The van der Waals surface area contributed by atoms with Gasteiger partial charge >= 0.3 is 5.97 Å². The normalized spacial score (nSPS) is 12.3. The Bertz CT molecular complexity index is 1560. The maximum atomic E-state index is 13.5. The molecule has 0 amide bonds. The minimum absolute atomic E-state index is 0.0565. The number of esters is 1. The van der Waals surface area contributed by atoms with Crippen molar-refractivity contribution < 1.29 is 22.7 Å². The molecule has 1 aromatic carbocycles. The maximum absolute atomic E-state index is 13.5. The molecule has 0 spiro atoms. The fourth-order valence-electron chi connectivity index (χ4n) is 3.72. The highest BCUT2D eigenvalue weighted by Crippen LogP contribution is 2.32. The lowest BCUT2D eigenvalue weighted by Gasteiger charge is -2.15. The lowest BCUT2D eigenvalue weighted by atomic mass is 10.1. The van der Waals surface area contributed by atoms with Crippen LogP contribution in [0.25, 0.3) is 22.3 Å². The van der Waals surface area contributed by atoms with Crippen LogP contribution in [-0.2, 0) is 26.2 Å². The first kappa shape index (κ1) is 27.2. The first-order valence-corrected chi connectivity index (χ1v) is 17.6. The van der Waals surface area contributed by atoms with Gasteiger partial charge < -0.3 is 9.47 Å². The Morgan fingerprint density at radius 2 is 1.84 bits per heavy atom. The summed E-state index contributed by atoms with van der Waals surface area (Å²) in [6.07, 6.45) is 3.06. The number of ether oxygens (including phenoxy) is 2. The fourth-order valence-corrected chi connectivity index (χ4v) is 6.15. The average Bonchev–Trinajstić information content (AvgIpc) is 3.43. The van der Waals surface area contributed by atoms with Crippen molar-refractivity contribution in [3.63, 3.8) is 0 Å². The zero-order chi connectivity index (χ0) is 27.0. The van der Waals surface area contributed by atoms with Gasteiger partial charge in [0.1, 0.15) is 18.1 Å². The van der Waals surface area contributed by atoms with E-state index in [0.29, 0.717) is 28.9 Å². The van der Waals surface area contributed by atoms with Crippen LogP contribution < -0.4 is 0 Å². The van der Waals surface area contributed by atoms with Crippen molar-refractivity contribution in [1.82, 2.24) is 18.7 Å². The number of aryl methyl sites for hydroxylation is 1. The Labute approximate surface area is 225 Å². The Morgan fingerprint density at radius 1 is 1.14 bits per heavy atom. The second-order valence-corrected chi connectivity index (χ2v) is 18.3. The van der Waals surface area contributed by atoms with Crippen LogP contribution in [0.15, 0.2) is 58.2 Å². The molecule has 12 heteroatoms. The molecule has 3 heterocycles. The first-order chi connectivity index (χ1) is 17.4. The third-order valence-corrected chi connectivity index (χ3v) is 9.62. The van der Waals surface area contributed by atoms with E-state index >= 15 is 0 Å². The summed E-state index contributed by atoms with van der Waals surface area (Å²) in [6, 6.07) is 10.8. The molecule has 0 aliphatic carbocycles. The van der Waals surface area contributed by atoms with Crippen molar-refractivity contribution in [3.05, 3.63) is 64.5 Å². The van der Waals surface area contributed by atoms with Crippen molar-refractivity contribution in [2.75, 3.05) is 13.7 Å². The molecule has 3 aromatic heterocycles. The Balaban J connectivity index is 1.80. The highest BCUT2D eigenvalue weighted by Gasteiger charge is 2.27. The maximum Gasteiger partial charge on any atom is 0.355 e. The minimum atomic E-state index is -4.08. The number of pyridine rings is 1. The molecule has 9 nitrogen and oxygen atoms in total. The van der Waals surface area contributed by atoms with E-state index in [4.69, 9.17) is 14.6 Å². The number of methoxy groups -OCH3 is 1. The quantitative estimate of drug-likeness (QED) is 0.145. The number of nitrogens with zero attached hydrogens (tertiary/aromatic N) is 4. The summed E-state index contributed by atoms with van der Waals surface area (Å²) in [4.78, 5) is 17.2. The van der Waals surface area contributed by atoms with Crippen LogP contribution in [0, 0.1) is 6.92 Å². The van der Waals surface area contributed by atoms with Crippen molar-refractivity contribution in [2.45, 2.75) is 44.2 Å². The molecule has 0 fully saturated rings. The SMILES string of the molecule is COC(=O)c1cc(-c2nn(COCC[Si](C)(C)C)c3ncc(Br)cc23)cn1S(=O)(=O)c1ccc(C)cc1. The molecule has 0 saturated heterocycles. The van der Waals surface area contributed by atoms with E-state index in [0.717, 1.165) is 20.1 Å². The summed E-state index contributed by atoms with van der Waals surface area (Å²) in [7, 11) is -4.12. The topological polar surface area (TPSA) is 105 Å². The minimum Gasteiger partial charge on any atom is -0.464 e. The number of aromatic nitrogens is 4. The van der Waals surface area contributed by atoms with Gasteiger partial charge in [-0.05, 0) is 53.2 Å². The zero-order valence-electron chi connectivity index (χ0n) is 21.4. The highest BCUT2D eigenvalue weighted by molar-refractivity contribution is 9.10. The zero-order valence-corrected chi connectivity index (χ0v) is 24.8. The van der Waals surface area contributed by atoms with Gasteiger partial charge in [-0.15, -0.1) is 0 Å². The van der Waals surface area contributed by atoms with E-state index < -0.39 is 24.1 Å². The standard InChI is InChI=1S/C25H29BrN4O5SSi/c1-17-6-8-20(9-7-17)36(32,33)30-15-18(12-22(30)25(31)34-2)23-21-13-19(26)14-27-24(21)29(28-23)16-35-10-11-37(3,4)5/h6-9,12-15H,10-11,16H2,1-5H3. The van der Waals surface area contributed by atoms with Gasteiger partial charge in [0.2, 0.25) is 0 Å². The summed E-state index contributed by atoms with van der Waals surface area (Å²) in [5.41, 5.74) is 2.28. The third kappa shape index (κ3) is 5.87. The number of hydrogen-bond acceptors (Lipinski definition) is 7. The molecule has 4 rings (SSSR count). The van der Waals surface area contributed by atoms with E-state index in [-0.39, 0.29) is 17.3 Å². The predicted molar refractivity (Wildman–Crippen MR) is 148 cm³/mol. The van der Waals surface area contributed by atoms with Crippen LogP contribution >= 0.6 is 15.9 Å². The number of carbonyl (C=O) groups is 1. The lowest BCUT2D eigenvalue weighted by molar-refractivity contribution is 0.0592. The van der Waals surface area contributed by atoms with Gasteiger partial charge in [0.15, 0.2) is 5.65 Å². The van der Waals surface area contributed by atoms with E-state index in [1.54, 1.807) is 23.0 Å². The Kier molecular flexibility index (Phi) is 7.74. The summed E-state index contributed by atoms with van der Waals surface area (Å²) in [5, 5.41) is 5.38. The molecule has 4 aromatic rings. The Hall–Kier alpha value is -2.80. The van der Waals surface area contributed by atoms with Crippen molar-refractivity contribution in [2.24, 2.45) is 0 Å². The monoisotopic (exact) mass is 604 g/mol. The number of hydrogen-bond donors (Lipinski definition) is 0. The molecule has 0 unspecified atom stereocenters. The van der Waals surface area contributed by atoms with E-state index in [1.165, 1.54) is 31.5 Å². The van der Waals surface area contributed by atoms with Crippen LogP contribution in [0.2, 0.25) is 25.7 Å². The number of fused-ring (bicyclic) bond motifs is 1. The number of halogens is 1. The molecule has 0 atom stereocenters. The molecular formula is C25H29BrN4O5SSi. The molecule has 0 N–H and O–H groups in total. The number of carbonyl (C=O) groups excluding carboxylic acids is 1. The van der Waals surface area contributed by atoms with Gasteiger partial charge in [-0.1, -0.05) is 37.3 Å². The molecule has 196 valence electrons. The Morgan fingerprint density at radius 3 is 2.49 bits per heavy atom.